The van der Waals surface area contributed by atoms with Gasteiger partial charge < -0.3 is 5.32 Å². The Morgan fingerprint density at radius 1 is 1.39 bits per heavy atom. The zero-order valence-electron chi connectivity index (χ0n) is 10.3. The van der Waals surface area contributed by atoms with Gasteiger partial charge in [0.1, 0.15) is 0 Å². The molecule has 0 atom stereocenters. The Labute approximate surface area is 109 Å². The van der Waals surface area contributed by atoms with Crippen molar-refractivity contribution in [1.29, 1.82) is 0 Å². The minimum Gasteiger partial charge on any atom is -0.312 e. The lowest BCUT2D eigenvalue weighted by atomic mass is 10.3. The monoisotopic (exact) mass is 278 g/mol. The highest BCUT2D eigenvalue weighted by atomic mass is 32.1. The number of halogens is 3. The highest BCUT2D eigenvalue weighted by Gasteiger charge is 2.37. The number of alkyl halides is 3. The van der Waals surface area contributed by atoms with Gasteiger partial charge in [-0.3, -0.25) is 0 Å². The van der Waals surface area contributed by atoms with Crippen molar-refractivity contribution in [2.45, 2.75) is 45.3 Å². The average molecular weight is 278 g/mol. The minimum absolute atomic E-state index is 0.269. The maximum absolute atomic E-state index is 12.8. The van der Waals surface area contributed by atoms with Crippen LogP contribution in [0.25, 0.3) is 0 Å². The highest BCUT2D eigenvalue weighted by Crippen LogP contribution is 2.38. The molecule has 0 aromatic carbocycles. The van der Waals surface area contributed by atoms with Gasteiger partial charge in [-0.25, -0.2) is 4.98 Å². The fourth-order valence-electron chi connectivity index (χ4n) is 1.78. The summed E-state index contributed by atoms with van der Waals surface area (Å²) in [5.41, 5.74) is -0.688. The summed E-state index contributed by atoms with van der Waals surface area (Å²) in [6.45, 7) is 2.99. The molecule has 1 fully saturated rings. The predicted octanol–water partition coefficient (Wildman–Crippen LogP) is 3.61. The Balaban J connectivity index is 2.10. The maximum atomic E-state index is 12.8. The van der Waals surface area contributed by atoms with Crippen molar-refractivity contribution in [2.75, 3.05) is 6.54 Å². The Morgan fingerprint density at radius 2 is 2.11 bits per heavy atom. The average Bonchev–Trinajstić information content (AvgIpc) is 2.97. The fourth-order valence-corrected chi connectivity index (χ4v) is 2.95. The van der Waals surface area contributed by atoms with E-state index in [9.17, 15) is 13.2 Å². The van der Waals surface area contributed by atoms with Crippen LogP contribution in [0.5, 0.6) is 0 Å². The lowest BCUT2D eigenvalue weighted by Gasteiger charge is -2.06. The first-order chi connectivity index (χ1) is 8.50. The van der Waals surface area contributed by atoms with Crippen molar-refractivity contribution in [3.05, 3.63) is 15.6 Å². The van der Waals surface area contributed by atoms with E-state index in [1.165, 1.54) is 11.3 Å². The molecule has 1 N–H and O–H groups in total. The number of thiazole rings is 1. The normalized spacial score (nSPS) is 16.2. The summed E-state index contributed by atoms with van der Waals surface area (Å²) in [5.74, 6) is 0.564. The fraction of sp³-hybridized carbons (Fsp3) is 0.750. The van der Waals surface area contributed by atoms with Gasteiger partial charge in [0.2, 0.25) is 0 Å². The molecule has 6 heteroatoms. The molecule has 1 saturated carbocycles. The molecule has 2 rings (SSSR count). The van der Waals surface area contributed by atoms with Crippen LogP contribution in [-0.2, 0) is 19.1 Å². The molecule has 0 spiro atoms. The van der Waals surface area contributed by atoms with E-state index in [1.807, 2.05) is 6.92 Å². The quantitative estimate of drug-likeness (QED) is 0.804. The third-order valence-corrected chi connectivity index (χ3v) is 3.96. The highest BCUT2D eigenvalue weighted by molar-refractivity contribution is 7.11. The van der Waals surface area contributed by atoms with Crippen molar-refractivity contribution >= 4 is 11.3 Å². The van der Waals surface area contributed by atoms with Crippen LogP contribution < -0.4 is 5.32 Å². The summed E-state index contributed by atoms with van der Waals surface area (Å²) in [6, 6.07) is 0. The van der Waals surface area contributed by atoms with E-state index in [0.717, 1.165) is 25.8 Å². The number of hydrogen-bond acceptors (Lipinski definition) is 3. The summed E-state index contributed by atoms with van der Waals surface area (Å²) in [7, 11) is 0. The Bertz CT molecular complexity index is 397. The van der Waals surface area contributed by atoms with Crippen LogP contribution in [0.3, 0.4) is 0 Å². The minimum atomic E-state index is -4.33. The lowest BCUT2D eigenvalue weighted by molar-refractivity contribution is -0.141. The van der Waals surface area contributed by atoms with Crippen LogP contribution in [0.2, 0.25) is 0 Å². The first-order valence-corrected chi connectivity index (χ1v) is 7.08. The van der Waals surface area contributed by atoms with Crippen molar-refractivity contribution in [3.63, 3.8) is 0 Å². The lowest BCUT2D eigenvalue weighted by Crippen LogP contribution is -2.17. The molecule has 1 heterocycles. The van der Waals surface area contributed by atoms with Crippen LogP contribution in [-0.4, -0.2) is 11.5 Å². The van der Waals surface area contributed by atoms with Gasteiger partial charge in [-0.15, -0.1) is 11.3 Å². The molecule has 2 nitrogen and oxygen atoms in total. The van der Waals surface area contributed by atoms with E-state index in [-0.39, 0.29) is 6.54 Å². The van der Waals surface area contributed by atoms with Crippen LogP contribution in [0.15, 0.2) is 0 Å². The molecule has 0 radical (unpaired) electrons. The third kappa shape index (κ3) is 3.68. The second kappa shape index (κ2) is 5.57. The van der Waals surface area contributed by atoms with Gasteiger partial charge in [0.25, 0.3) is 0 Å². The van der Waals surface area contributed by atoms with Gasteiger partial charge in [-0.2, -0.15) is 13.2 Å². The smallest absolute Gasteiger partial charge is 0.312 e. The third-order valence-electron chi connectivity index (χ3n) is 2.88. The largest absolute Gasteiger partial charge is 0.434 e. The van der Waals surface area contributed by atoms with E-state index < -0.39 is 11.9 Å². The standard InChI is InChI=1S/C12H17F3N2S/c1-2-5-16-7-9-11(12(13,14)15)17-10(18-9)6-8-3-4-8/h8,16H,2-7H2,1H3. The first-order valence-electron chi connectivity index (χ1n) is 6.27. The van der Waals surface area contributed by atoms with Gasteiger partial charge in [-0.1, -0.05) is 6.92 Å². The van der Waals surface area contributed by atoms with E-state index in [1.54, 1.807) is 0 Å². The van der Waals surface area contributed by atoms with Crippen LogP contribution in [0.1, 0.15) is 41.8 Å². The van der Waals surface area contributed by atoms with Crippen molar-refractivity contribution in [3.8, 4) is 0 Å². The van der Waals surface area contributed by atoms with Gasteiger partial charge in [-0.05, 0) is 31.7 Å². The van der Waals surface area contributed by atoms with Gasteiger partial charge >= 0.3 is 6.18 Å². The van der Waals surface area contributed by atoms with Crippen molar-refractivity contribution < 1.29 is 13.2 Å². The summed E-state index contributed by atoms with van der Waals surface area (Å²) >= 11 is 1.21. The number of nitrogens with zero attached hydrogens (tertiary/aromatic N) is 1. The molecule has 0 amide bonds. The van der Waals surface area contributed by atoms with Crippen LogP contribution in [0, 0.1) is 5.92 Å². The van der Waals surface area contributed by atoms with E-state index in [4.69, 9.17) is 0 Å². The molecule has 1 aromatic heterocycles. The van der Waals surface area contributed by atoms with Gasteiger partial charge in [0.05, 0.1) is 9.88 Å². The topological polar surface area (TPSA) is 24.9 Å². The summed E-state index contributed by atoms with van der Waals surface area (Å²) < 4.78 is 38.5. The summed E-state index contributed by atoms with van der Waals surface area (Å²) in [4.78, 5) is 4.12. The first kappa shape index (κ1) is 13.8. The Morgan fingerprint density at radius 3 is 2.67 bits per heavy atom. The molecular formula is C12H17F3N2S. The molecule has 0 bridgehead atoms. The molecule has 18 heavy (non-hydrogen) atoms. The summed E-state index contributed by atoms with van der Waals surface area (Å²) in [6.07, 6.45) is -0.452. The maximum Gasteiger partial charge on any atom is 0.434 e. The van der Waals surface area contributed by atoms with Crippen molar-refractivity contribution in [1.82, 2.24) is 10.3 Å². The SMILES string of the molecule is CCCNCc1sc(CC2CC2)nc1C(F)(F)F. The molecule has 0 aliphatic heterocycles. The molecule has 1 aromatic rings. The number of hydrogen-bond donors (Lipinski definition) is 1. The van der Waals surface area contributed by atoms with E-state index in [0.29, 0.717) is 22.2 Å². The number of nitrogens with one attached hydrogen (secondary N) is 1. The van der Waals surface area contributed by atoms with E-state index >= 15 is 0 Å². The predicted molar refractivity (Wildman–Crippen MR) is 65.5 cm³/mol. The molecule has 1 aliphatic carbocycles. The molecule has 0 unspecified atom stereocenters. The van der Waals surface area contributed by atoms with Crippen LogP contribution in [0.4, 0.5) is 13.2 Å². The van der Waals surface area contributed by atoms with E-state index in [2.05, 4.69) is 10.3 Å². The Kier molecular flexibility index (Phi) is 4.27. The van der Waals surface area contributed by atoms with Crippen LogP contribution >= 0.6 is 11.3 Å². The molecule has 0 saturated heterocycles. The second-order valence-corrected chi connectivity index (χ2v) is 5.87. The number of aromatic nitrogens is 1. The molecule has 1 aliphatic rings. The molecule has 102 valence electrons. The summed E-state index contributed by atoms with van der Waals surface area (Å²) in [5, 5.41) is 3.65. The van der Waals surface area contributed by atoms with Gasteiger partial charge in [0.15, 0.2) is 5.69 Å². The Hall–Kier alpha value is -0.620. The number of rotatable bonds is 6. The van der Waals surface area contributed by atoms with Gasteiger partial charge in [0, 0.05) is 13.0 Å². The zero-order valence-corrected chi connectivity index (χ0v) is 11.1. The van der Waals surface area contributed by atoms with Crippen molar-refractivity contribution in [2.24, 2.45) is 5.92 Å². The molecular weight excluding hydrogens is 261 g/mol. The zero-order chi connectivity index (χ0) is 13.2. The second-order valence-electron chi connectivity index (χ2n) is 4.70.